The van der Waals surface area contributed by atoms with Crippen LogP contribution in [0.2, 0.25) is 0 Å². The molecule has 0 saturated heterocycles. The number of phenolic OH excluding ortho intramolecular Hbond substituents is 1. The van der Waals surface area contributed by atoms with Gasteiger partial charge in [0.15, 0.2) is 0 Å². The van der Waals surface area contributed by atoms with Gasteiger partial charge in [0.25, 0.3) is 5.69 Å². The minimum absolute atomic E-state index is 0.0146. The summed E-state index contributed by atoms with van der Waals surface area (Å²) in [6, 6.07) is 7.59. The Balaban J connectivity index is 2.33. The van der Waals surface area contributed by atoms with Crippen LogP contribution < -0.4 is 0 Å². The monoisotopic (exact) mass is 310 g/mol. The van der Waals surface area contributed by atoms with Gasteiger partial charge in [0.2, 0.25) is 0 Å². The zero-order valence-electron chi connectivity index (χ0n) is 10.9. The molecule has 0 amide bonds. The second-order valence-electron chi connectivity index (χ2n) is 4.31. The third kappa shape index (κ3) is 3.60. The maximum Gasteiger partial charge on any atom is 0.416 e. The Morgan fingerprint density at radius 2 is 1.91 bits per heavy atom. The molecule has 114 valence electrons. The van der Waals surface area contributed by atoms with Crippen molar-refractivity contribution in [3.8, 4) is 5.75 Å². The Labute approximate surface area is 122 Å². The summed E-state index contributed by atoms with van der Waals surface area (Å²) in [5.74, 6) is -0.263. The van der Waals surface area contributed by atoms with Crippen molar-refractivity contribution in [2.75, 3.05) is 0 Å². The van der Waals surface area contributed by atoms with E-state index in [2.05, 4.69) is 4.99 Å². The first kappa shape index (κ1) is 15.5. The Kier molecular flexibility index (Phi) is 4.11. The number of benzene rings is 2. The van der Waals surface area contributed by atoms with E-state index < -0.39 is 16.7 Å². The van der Waals surface area contributed by atoms with Crippen LogP contribution in [0.15, 0.2) is 47.5 Å². The van der Waals surface area contributed by atoms with E-state index in [-0.39, 0.29) is 22.7 Å². The predicted molar refractivity (Wildman–Crippen MR) is 73.5 cm³/mol. The van der Waals surface area contributed by atoms with Crippen molar-refractivity contribution in [3.05, 3.63) is 63.7 Å². The Bertz CT molecular complexity index is 742. The Morgan fingerprint density at radius 1 is 1.18 bits per heavy atom. The number of rotatable bonds is 3. The van der Waals surface area contributed by atoms with Crippen LogP contribution in [-0.4, -0.2) is 16.2 Å². The van der Waals surface area contributed by atoms with Gasteiger partial charge < -0.3 is 5.11 Å². The van der Waals surface area contributed by atoms with E-state index in [1.54, 1.807) is 0 Å². The SMILES string of the molecule is O=[N+]([O-])c1ccc(O)c(C=Nc2cccc(C(F)(F)F)c2)c1. The molecule has 0 bridgehead atoms. The molecular weight excluding hydrogens is 301 g/mol. The number of nitro benzene ring substituents is 1. The van der Waals surface area contributed by atoms with Gasteiger partial charge in [0.05, 0.1) is 16.2 Å². The van der Waals surface area contributed by atoms with E-state index in [4.69, 9.17) is 0 Å². The maximum atomic E-state index is 12.6. The molecular formula is C14H9F3N2O3. The average Bonchev–Trinajstić information content (AvgIpc) is 2.45. The van der Waals surface area contributed by atoms with Gasteiger partial charge in [-0.3, -0.25) is 15.1 Å². The lowest BCUT2D eigenvalue weighted by molar-refractivity contribution is -0.384. The van der Waals surface area contributed by atoms with Crippen LogP contribution in [0.1, 0.15) is 11.1 Å². The van der Waals surface area contributed by atoms with E-state index in [0.717, 1.165) is 36.5 Å². The van der Waals surface area contributed by atoms with Gasteiger partial charge in [-0.05, 0) is 24.3 Å². The first-order valence-corrected chi connectivity index (χ1v) is 5.96. The van der Waals surface area contributed by atoms with Crippen LogP contribution in [0.5, 0.6) is 5.75 Å². The molecule has 0 radical (unpaired) electrons. The fourth-order valence-corrected chi connectivity index (χ4v) is 1.67. The van der Waals surface area contributed by atoms with E-state index in [1.165, 1.54) is 12.1 Å². The molecule has 5 nitrogen and oxygen atoms in total. The Hall–Kier alpha value is -2.90. The summed E-state index contributed by atoms with van der Waals surface area (Å²) in [7, 11) is 0. The van der Waals surface area contributed by atoms with Crippen molar-refractivity contribution in [3.63, 3.8) is 0 Å². The highest BCUT2D eigenvalue weighted by atomic mass is 19.4. The van der Waals surface area contributed by atoms with Gasteiger partial charge in [-0.15, -0.1) is 0 Å². The van der Waals surface area contributed by atoms with E-state index in [0.29, 0.717) is 0 Å². The molecule has 22 heavy (non-hydrogen) atoms. The highest BCUT2D eigenvalue weighted by Crippen LogP contribution is 2.31. The minimum Gasteiger partial charge on any atom is -0.507 e. The van der Waals surface area contributed by atoms with Crippen LogP contribution in [0.3, 0.4) is 0 Å². The van der Waals surface area contributed by atoms with Crippen LogP contribution in [-0.2, 0) is 6.18 Å². The molecule has 1 N–H and O–H groups in total. The van der Waals surface area contributed by atoms with E-state index in [9.17, 15) is 28.4 Å². The van der Waals surface area contributed by atoms with Gasteiger partial charge in [-0.2, -0.15) is 13.2 Å². The molecule has 2 aromatic carbocycles. The molecule has 0 aliphatic heterocycles. The van der Waals surface area contributed by atoms with Crippen molar-refractivity contribution in [2.45, 2.75) is 6.18 Å². The second-order valence-corrected chi connectivity index (χ2v) is 4.31. The maximum absolute atomic E-state index is 12.6. The highest BCUT2D eigenvalue weighted by molar-refractivity contribution is 5.86. The topological polar surface area (TPSA) is 75.7 Å². The van der Waals surface area contributed by atoms with Crippen LogP contribution in [0.4, 0.5) is 24.5 Å². The number of halogens is 3. The summed E-state index contributed by atoms with van der Waals surface area (Å²) in [6.07, 6.45) is -3.42. The van der Waals surface area contributed by atoms with E-state index in [1.807, 2.05) is 0 Å². The molecule has 0 atom stereocenters. The van der Waals surface area contributed by atoms with E-state index >= 15 is 0 Å². The van der Waals surface area contributed by atoms with Crippen molar-refractivity contribution < 1.29 is 23.2 Å². The van der Waals surface area contributed by atoms with Gasteiger partial charge >= 0.3 is 6.18 Å². The molecule has 2 rings (SSSR count). The number of aliphatic imine (C=N–C) groups is 1. The Morgan fingerprint density at radius 3 is 2.55 bits per heavy atom. The third-order valence-electron chi connectivity index (χ3n) is 2.75. The summed E-state index contributed by atoms with van der Waals surface area (Å²) in [5.41, 5.74) is -1.07. The average molecular weight is 310 g/mol. The molecule has 0 aliphatic rings. The summed E-state index contributed by atoms with van der Waals surface area (Å²) < 4.78 is 37.7. The predicted octanol–water partition coefficient (Wildman–Crippen LogP) is 4.07. The highest BCUT2D eigenvalue weighted by Gasteiger charge is 2.30. The van der Waals surface area contributed by atoms with Crippen LogP contribution >= 0.6 is 0 Å². The largest absolute Gasteiger partial charge is 0.507 e. The quantitative estimate of drug-likeness (QED) is 0.527. The molecule has 8 heteroatoms. The molecule has 0 spiro atoms. The number of aromatic hydroxyl groups is 1. The minimum atomic E-state index is -4.49. The smallest absolute Gasteiger partial charge is 0.416 e. The molecule has 0 aromatic heterocycles. The van der Waals surface area contributed by atoms with Gasteiger partial charge in [-0.1, -0.05) is 6.07 Å². The zero-order valence-corrected chi connectivity index (χ0v) is 10.9. The molecule has 0 saturated carbocycles. The third-order valence-corrected chi connectivity index (χ3v) is 2.75. The second kappa shape index (κ2) is 5.84. The summed E-state index contributed by atoms with van der Waals surface area (Å²) in [5, 5.41) is 20.2. The number of non-ortho nitro benzene ring substituents is 1. The standard InChI is InChI=1S/C14H9F3N2O3/c15-14(16,17)10-2-1-3-11(7-10)18-8-9-6-12(19(21)22)4-5-13(9)20/h1-8,20H. The summed E-state index contributed by atoms with van der Waals surface area (Å²) in [4.78, 5) is 13.8. The van der Waals surface area contributed by atoms with Crippen molar-refractivity contribution in [1.29, 1.82) is 0 Å². The van der Waals surface area contributed by atoms with Gasteiger partial charge in [-0.25, -0.2) is 0 Å². The molecule has 0 heterocycles. The molecule has 2 aromatic rings. The molecule has 0 aliphatic carbocycles. The van der Waals surface area contributed by atoms with Gasteiger partial charge in [0.1, 0.15) is 5.75 Å². The van der Waals surface area contributed by atoms with Crippen molar-refractivity contribution >= 4 is 17.6 Å². The number of nitro groups is 1. The lowest BCUT2D eigenvalue weighted by Crippen LogP contribution is -2.03. The summed E-state index contributed by atoms with van der Waals surface area (Å²) in [6.45, 7) is 0. The number of alkyl halides is 3. The first-order chi connectivity index (χ1) is 10.3. The number of hydrogen-bond donors (Lipinski definition) is 1. The van der Waals surface area contributed by atoms with Crippen LogP contribution in [0.25, 0.3) is 0 Å². The zero-order chi connectivity index (χ0) is 16.3. The normalized spacial score (nSPS) is 11.8. The summed E-state index contributed by atoms with van der Waals surface area (Å²) >= 11 is 0. The number of nitrogens with zero attached hydrogens (tertiary/aromatic N) is 2. The van der Waals surface area contributed by atoms with Gasteiger partial charge in [0, 0.05) is 23.9 Å². The molecule has 0 fully saturated rings. The number of phenols is 1. The lowest BCUT2D eigenvalue weighted by Gasteiger charge is -2.06. The van der Waals surface area contributed by atoms with Crippen molar-refractivity contribution in [1.82, 2.24) is 0 Å². The molecule has 0 unspecified atom stereocenters. The van der Waals surface area contributed by atoms with Crippen molar-refractivity contribution in [2.24, 2.45) is 4.99 Å². The fourth-order valence-electron chi connectivity index (χ4n) is 1.67. The lowest BCUT2D eigenvalue weighted by atomic mass is 10.2. The number of hydrogen-bond acceptors (Lipinski definition) is 4. The van der Waals surface area contributed by atoms with Crippen LogP contribution in [0, 0.1) is 10.1 Å². The first-order valence-electron chi connectivity index (χ1n) is 5.96. The fraction of sp³-hybridized carbons (Fsp3) is 0.0714.